The molecule has 0 aromatic heterocycles. The topological polar surface area (TPSA) is 55.1 Å². The number of nitrogens with one attached hydrogen (secondary N) is 1. The van der Waals surface area contributed by atoms with Crippen molar-refractivity contribution < 1.29 is 4.79 Å². The minimum absolute atomic E-state index is 0.151. The maximum atomic E-state index is 12.2. The molecule has 2 atom stereocenters. The Kier molecular flexibility index (Phi) is 4.65. The number of anilines is 1. The Labute approximate surface area is 137 Å². The second-order valence-electron chi connectivity index (χ2n) is 6.55. The van der Waals surface area contributed by atoms with Gasteiger partial charge in [-0.3, -0.25) is 4.79 Å². The number of hydrogen-bond acceptors (Lipinski definition) is 2. The molecule has 0 aliphatic heterocycles. The van der Waals surface area contributed by atoms with Gasteiger partial charge in [-0.15, -0.1) is 0 Å². The van der Waals surface area contributed by atoms with Gasteiger partial charge in [0.15, 0.2) is 0 Å². The number of hydrogen-bond donors (Lipinski definition) is 2. The van der Waals surface area contributed by atoms with E-state index in [9.17, 15) is 4.79 Å². The summed E-state index contributed by atoms with van der Waals surface area (Å²) in [5.41, 5.74) is 10.5. The first kappa shape index (κ1) is 15.6. The van der Waals surface area contributed by atoms with Gasteiger partial charge in [0.05, 0.1) is 0 Å². The van der Waals surface area contributed by atoms with Gasteiger partial charge in [0.1, 0.15) is 0 Å². The summed E-state index contributed by atoms with van der Waals surface area (Å²) in [7, 11) is 0. The smallest absolute Gasteiger partial charge is 0.220 e. The van der Waals surface area contributed by atoms with Crippen LogP contribution >= 0.6 is 0 Å². The molecule has 0 radical (unpaired) electrons. The third-order valence-corrected chi connectivity index (χ3v) is 4.70. The molecule has 0 fully saturated rings. The van der Waals surface area contributed by atoms with Crippen LogP contribution in [0.3, 0.4) is 0 Å². The zero-order valence-electron chi connectivity index (χ0n) is 13.6. The summed E-state index contributed by atoms with van der Waals surface area (Å²) in [5, 5.41) is 3.17. The van der Waals surface area contributed by atoms with E-state index in [1.165, 1.54) is 16.7 Å². The second kappa shape index (κ2) is 6.86. The van der Waals surface area contributed by atoms with Crippen LogP contribution in [0, 0.1) is 0 Å². The van der Waals surface area contributed by atoms with E-state index >= 15 is 0 Å². The standard InChI is InChI=1S/C20H24N2O/c1-14(15-5-3-2-4-6-15)7-10-20(23)22-19-12-16-8-9-18(21)11-17(16)13-19/h2-6,8-9,11,14,19H,7,10,12-13,21H2,1H3,(H,22,23). The van der Waals surface area contributed by atoms with Crippen molar-refractivity contribution in [2.24, 2.45) is 0 Å². The quantitative estimate of drug-likeness (QED) is 0.831. The van der Waals surface area contributed by atoms with E-state index in [4.69, 9.17) is 5.73 Å². The lowest BCUT2D eigenvalue weighted by atomic mass is 9.96. The number of amides is 1. The number of carbonyl (C=O) groups excluding carboxylic acids is 1. The number of rotatable bonds is 5. The third kappa shape index (κ3) is 3.92. The highest BCUT2D eigenvalue weighted by atomic mass is 16.1. The van der Waals surface area contributed by atoms with Crippen molar-refractivity contribution in [1.29, 1.82) is 0 Å². The fraction of sp³-hybridized carbons (Fsp3) is 0.350. The lowest BCUT2D eigenvalue weighted by molar-refractivity contribution is -0.121. The normalized spacial score (nSPS) is 17.5. The predicted molar refractivity (Wildman–Crippen MR) is 94.3 cm³/mol. The molecule has 3 nitrogen and oxygen atoms in total. The highest BCUT2D eigenvalue weighted by Crippen LogP contribution is 2.25. The summed E-state index contributed by atoms with van der Waals surface area (Å²) in [6, 6.07) is 16.6. The summed E-state index contributed by atoms with van der Waals surface area (Å²) >= 11 is 0. The molecule has 0 heterocycles. The van der Waals surface area contributed by atoms with Gasteiger partial charge in [-0.2, -0.15) is 0 Å². The molecule has 2 aromatic carbocycles. The molecule has 23 heavy (non-hydrogen) atoms. The fourth-order valence-corrected chi connectivity index (χ4v) is 3.34. The number of nitrogens with two attached hydrogens (primary N) is 1. The highest BCUT2D eigenvalue weighted by Gasteiger charge is 2.23. The molecule has 0 bridgehead atoms. The van der Waals surface area contributed by atoms with Crippen LogP contribution in [-0.2, 0) is 17.6 Å². The van der Waals surface area contributed by atoms with Crippen molar-refractivity contribution in [3.8, 4) is 0 Å². The average molecular weight is 308 g/mol. The van der Waals surface area contributed by atoms with Crippen molar-refractivity contribution in [3.63, 3.8) is 0 Å². The van der Waals surface area contributed by atoms with E-state index in [1.54, 1.807) is 0 Å². The van der Waals surface area contributed by atoms with Gasteiger partial charge >= 0.3 is 0 Å². The number of fused-ring (bicyclic) bond motifs is 1. The summed E-state index contributed by atoms with van der Waals surface area (Å²) in [5.74, 6) is 0.557. The van der Waals surface area contributed by atoms with Gasteiger partial charge < -0.3 is 11.1 Å². The SMILES string of the molecule is CC(CCC(=O)NC1Cc2ccc(N)cc2C1)c1ccccc1. The van der Waals surface area contributed by atoms with Crippen LogP contribution in [0.4, 0.5) is 5.69 Å². The van der Waals surface area contributed by atoms with Crippen LogP contribution in [0.15, 0.2) is 48.5 Å². The zero-order chi connectivity index (χ0) is 16.2. The van der Waals surface area contributed by atoms with Crippen LogP contribution in [0.2, 0.25) is 0 Å². The van der Waals surface area contributed by atoms with Crippen LogP contribution in [0.1, 0.15) is 42.4 Å². The van der Waals surface area contributed by atoms with E-state index in [-0.39, 0.29) is 11.9 Å². The Bertz CT molecular complexity index is 681. The molecule has 2 aromatic rings. The van der Waals surface area contributed by atoms with Crippen molar-refractivity contribution in [2.75, 3.05) is 5.73 Å². The molecule has 1 amide bonds. The van der Waals surface area contributed by atoms with Gasteiger partial charge in [-0.25, -0.2) is 0 Å². The number of carbonyl (C=O) groups is 1. The Balaban J connectivity index is 1.47. The van der Waals surface area contributed by atoms with Crippen LogP contribution in [0.5, 0.6) is 0 Å². The Morgan fingerprint density at radius 3 is 2.70 bits per heavy atom. The number of nitrogen functional groups attached to an aromatic ring is 1. The Morgan fingerprint density at radius 2 is 1.91 bits per heavy atom. The molecule has 2 unspecified atom stereocenters. The molecule has 0 spiro atoms. The zero-order valence-corrected chi connectivity index (χ0v) is 13.6. The molecular formula is C20H24N2O. The van der Waals surface area contributed by atoms with E-state index in [2.05, 4.69) is 30.4 Å². The van der Waals surface area contributed by atoms with E-state index < -0.39 is 0 Å². The lowest BCUT2D eigenvalue weighted by Crippen LogP contribution is -2.35. The maximum absolute atomic E-state index is 12.2. The third-order valence-electron chi connectivity index (χ3n) is 4.70. The Hall–Kier alpha value is -2.29. The van der Waals surface area contributed by atoms with Crippen LogP contribution < -0.4 is 11.1 Å². The fourth-order valence-electron chi connectivity index (χ4n) is 3.34. The molecule has 3 rings (SSSR count). The monoisotopic (exact) mass is 308 g/mol. The molecule has 3 N–H and O–H groups in total. The molecule has 120 valence electrons. The first-order chi connectivity index (χ1) is 11.1. The van der Waals surface area contributed by atoms with E-state index in [0.29, 0.717) is 12.3 Å². The molecular weight excluding hydrogens is 284 g/mol. The minimum atomic E-state index is 0.151. The van der Waals surface area contributed by atoms with E-state index in [1.807, 2.05) is 30.3 Å². The maximum Gasteiger partial charge on any atom is 0.220 e. The van der Waals surface area contributed by atoms with Gasteiger partial charge in [0.2, 0.25) is 5.91 Å². The first-order valence-electron chi connectivity index (χ1n) is 8.33. The van der Waals surface area contributed by atoms with Crippen molar-refractivity contribution in [3.05, 3.63) is 65.2 Å². The molecule has 1 aliphatic rings. The van der Waals surface area contributed by atoms with Crippen molar-refractivity contribution in [2.45, 2.75) is 44.6 Å². The summed E-state index contributed by atoms with van der Waals surface area (Å²) in [6.45, 7) is 2.18. The number of benzene rings is 2. The Morgan fingerprint density at radius 1 is 1.17 bits per heavy atom. The van der Waals surface area contributed by atoms with Crippen LogP contribution in [-0.4, -0.2) is 11.9 Å². The van der Waals surface area contributed by atoms with E-state index in [0.717, 1.165) is 24.9 Å². The van der Waals surface area contributed by atoms with Gasteiger partial charge in [-0.05, 0) is 54.0 Å². The first-order valence-corrected chi connectivity index (χ1v) is 8.33. The lowest BCUT2D eigenvalue weighted by Gasteiger charge is -2.14. The van der Waals surface area contributed by atoms with Gasteiger partial charge in [0, 0.05) is 18.2 Å². The average Bonchev–Trinajstić information content (AvgIpc) is 2.94. The summed E-state index contributed by atoms with van der Waals surface area (Å²) in [6.07, 6.45) is 3.25. The van der Waals surface area contributed by atoms with Gasteiger partial charge in [0.25, 0.3) is 0 Å². The summed E-state index contributed by atoms with van der Waals surface area (Å²) in [4.78, 5) is 12.2. The van der Waals surface area contributed by atoms with Crippen molar-refractivity contribution in [1.82, 2.24) is 5.32 Å². The van der Waals surface area contributed by atoms with Crippen LogP contribution in [0.25, 0.3) is 0 Å². The predicted octanol–water partition coefficient (Wildman–Crippen LogP) is 3.44. The molecule has 1 aliphatic carbocycles. The molecule has 0 saturated carbocycles. The van der Waals surface area contributed by atoms with Crippen molar-refractivity contribution >= 4 is 11.6 Å². The van der Waals surface area contributed by atoms with Gasteiger partial charge in [-0.1, -0.05) is 43.3 Å². The minimum Gasteiger partial charge on any atom is -0.399 e. The highest BCUT2D eigenvalue weighted by molar-refractivity contribution is 5.76. The molecule has 0 saturated heterocycles. The second-order valence-corrected chi connectivity index (χ2v) is 6.55. The largest absolute Gasteiger partial charge is 0.399 e. The summed E-state index contributed by atoms with van der Waals surface area (Å²) < 4.78 is 0. The molecule has 3 heteroatoms.